The van der Waals surface area contributed by atoms with E-state index in [1.165, 1.54) is 12.8 Å². The van der Waals surface area contributed by atoms with Crippen LogP contribution in [0, 0.1) is 5.92 Å². The first-order valence-electron chi connectivity index (χ1n) is 8.05. The van der Waals surface area contributed by atoms with E-state index in [2.05, 4.69) is 25.7 Å². The molecule has 0 spiro atoms. The number of rotatable bonds is 8. The molecule has 1 aliphatic heterocycles. The fraction of sp³-hybridized carbons (Fsp3) is 0.647. The Balaban J connectivity index is 1.97. The molecule has 0 saturated heterocycles. The van der Waals surface area contributed by atoms with Crippen molar-refractivity contribution < 1.29 is 9.47 Å². The molecule has 1 heterocycles. The number of nitrogens with two attached hydrogens (primary N) is 1. The maximum Gasteiger partial charge on any atom is 0.231 e. The van der Waals surface area contributed by atoms with Crippen LogP contribution in [0.3, 0.4) is 0 Å². The molecule has 0 radical (unpaired) electrons. The van der Waals surface area contributed by atoms with Crippen molar-refractivity contribution in [2.75, 3.05) is 26.4 Å². The number of fused-ring (bicyclic) bond motifs is 1. The normalized spacial score (nSPS) is 15.0. The van der Waals surface area contributed by atoms with Gasteiger partial charge >= 0.3 is 0 Å². The number of ether oxygens (including phenoxy) is 2. The van der Waals surface area contributed by atoms with Gasteiger partial charge in [0.2, 0.25) is 6.79 Å². The number of hydrogen-bond donors (Lipinski definition) is 1. The molecular weight excluding hydrogens is 264 g/mol. The summed E-state index contributed by atoms with van der Waals surface area (Å²) in [7, 11) is 0. The van der Waals surface area contributed by atoms with Crippen LogP contribution >= 0.6 is 0 Å². The third-order valence-corrected chi connectivity index (χ3v) is 4.40. The van der Waals surface area contributed by atoms with Crippen molar-refractivity contribution in [1.29, 1.82) is 0 Å². The molecule has 1 atom stereocenters. The van der Waals surface area contributed by atoms with Crippen LogP contribution < -0.4 is 15.2 Å². The average Bonchev–Trinajstić information content (AvgIpc) is 2.98. The summed E-state index contributed by atoms with van der Waals surface area (Å²) in [5.41, 5.74) is 7.50. The van der Waals surface area contributed by atoms with Crippen LogP contribution in [0.1, 0.15) is 45.2 Å². The van der Waals surface area contributed by atoms with Crippen LogP contribution in [0.5, 0.6) is 11.5 Å². The molecule has 0 amide bonds. The lowest BCUT2D eigenvalue weighted by Crippen LogP contribution is -2.35. The van der Waals surface area contributed by atoms with E-state index in [1.54, 1.807) is 0 Å². The molecule has 4 heteroatoms. The first kappa shape index (κ1) is 16.1. The summed E-state index contributed by atoms with van der Waals surface area (Å²) in [6, 6.07) is 6.02. The predicted octanol–water partition coefficient (Wildman–Crippen LogP) is 3.17. The molecule has 0 fully saturated rings. The monoisotopic (exact) mass is 292 g/mol. The predicted molar refractivity (Wildman–Crippen MR) is 85.7 cm³/mol. The van der Waals surface area contributed by atoms with E-state index in [0.717, 1.165) is 42.6 Å². The molecule has 0 aliphatic carbocycles. The highest BCUT2D eigenvalue weighted by molar-refractivity contribution is 5.45. The van der Waals surface area contributed by atoms with Gasteiger partial charge in [-0.25, -0.2) is 0 Å². The Labute approximate surface area is 128 Å². The van der Waals surface area contributed by atoms with Crippen molar-refractivity contribution in [3.05, 3.63) is 23.8 Å². The molecule has 2 N–H and O–H groups in total. The lowest BCUT2D eigenvalue weighted by Gasteiger charge is -2.28. The van der Waals surface area contributed by atoms with Crippen LogP contribution in [-0.4, -0.2) is 31.3 Å². The number of hydrogen-bond acceptors (Lipinski definition) is 4. The van der Waals surface area contributed by atoms with Crippen molar-refractivity contribution in [1.82, 2.24) is 4.90 Å². The lowest BCUT2D eigenvalue weighted by molar-refractivity contribution is 0.174. The minimum Gasteiger partial charge on any atom is -0.454 e. The minimum absolute atomic E-state index is 0.00816. The standard InChI is InChI=1S/C17H28N2O2/c1-4-13(5-2)10-19(6-3)11-15(18)14-7-8-16-17(9-14)21-12-20-16/h7-9,13,15H,4-6,10-12,18H2,1-3H3. The van der Waals surface area contributed by atoms with Crippen LogP contribution in [0.15, 0.2) is 18.2 Å². The fourth-order valence-corrected chi connectivity index (χ4v) is 2.77. The first-order valence-corrected chi connectivity index (χ1v) is 8.05. The van der Waals surface area contributed by atoms with E-state index in [0.29, 0.717) is 6.79 Å². The minimum atomic E-state index is 0.00816. The van der Waals surface area contributed by atoms with Gasteiger partial charge in [-0.15, -0.1) is 0 Å². The first-order chi connectivity index (χ1) is 10.2. The Morgan fingerprint density at radius 3 is 2.48 bits per heavy atom. The van der Waals surface area contributed by atoms with E-state index >= 15 is 0 Å². The number of benzene rings is 1. The molecular formula is C17H28N2O2. The van der Waals surface area contributed by atoms with Gasteiger partial charge in [0.25, 0.3) is 0 Å². The van der Waals surface area contributed by atoms with Gasteiger partial charge in [0.05, 0.1) is 0 Å². The third-order valence-electron chi connectivity index (χ3n) is 4.40. The van der Waals surface area contributed by atoms with Gasteiger partial charge in [0.1, 0.15) is 0 Å². The molecule has 1 aliphatic rings. The lowest BCUT2D eigenvalue weighted by atomic mass is 10.0. The van der Waals surface area contributed by atoms with Gasteiger partial charge in [-0.2, -0.15) is 0 Å². The van der Waals surface area contributed by atoms with E-state index in [4.69, 9.17) is 15.2 Å². The van der Waals surface area contributed by atoms with Gasteiger partial charge in [-0.05, 0) is 30.2 Å². The zero-order valence-electron chi connectivity index (χ0n) is 13.5. The van der Waals surface area contributed by atoms with Gasteiger partial charge < -0.3 is 20.1 Å². The Morgan fingerprint density at radius 1 is 1.10 bits per heavy atom. The summed E-state index contributed by atoms with van der Waals surface area (Å²) in [6.45, 7) is 10.1. The Bertz CT molecular complexity index is 446. The fourth-order valence-electron chi connectivity index (χ4n) is 2.77. The molecule has 1 unspecified atom stereocenters. The summed E-state index contributed by atoms with van der Waals surface area (Å²) in [5.74, 6) is 2.38. The average molecular weight is 292 g/mol. The smallest absolute Gasteiger partial charge is 0.231 e. The number of nitrogens with zero attached hydrogens (tertiary/aromatic N) is 1. The van der Waals surface area contributed by atoms with Gasteiger partial charge in [-0.3, -0.25) is 0 Å². The van der Waals surface area contributed by atoms with Crippen LogP contribution in [0.25, 0.3) is 0 Å². The summed E-state index contributed by atoms with van der Waals surface area (Å²) >= 11 is 0. The molecule has 0 saturated carbocycles. The second-order valence-electron chi connectivity index (χ2n) is 5.75. The maximum absolute atomic E-state index is 6.39. The third kappa shape index (κ3) is 4.11. The molecule has 0 aromatic heterocycles. The topological polar surface area (TPSA) is 47.7 Å². The summed E-state index contributed by atoms with van der Waals surface area (Å²) < 4.78 is 10.8. The van der Waals surface area contributed by atoms with Crippen LogP contribution in [-0.2, 0) is 0 Å². The van der Waals surface area contributed by atoms with Crippen molar-refractivity contribution in [3.8, 4) is 11.5 Å². The second-order valence-corrected chi connectivity index (χ2v) is 5.75. The van der Waals surface area contributed by atoms with Gasteiger partial charge in [0.15, 0.2) is 11.5 Å². The molecule has 1 aromatic carbocycles. The SMILES string of the molecule is CCC(CC)CN(CC)CC(N)c1ccc2c(c1)OCO2. The highest BCUT2D eigenvalue weighted by Crippen LogP contribution is 2.33. The molecule has 4 nitrogen and oxygen atoms in total. The molecule has 21 heavy (non-hydrogen) atoms. The molecule has 1 aromatic rings. The van der Waals surface area contributed by atoms with E-state index in [1.807, 2.05) is 18.2 Å². The van der Waals surface area contributed by atoms with Crippen LogP contribution in [0.2, 0.25) is 0 Å². The largest absolute Gasteiger partial charge is 0.454 e. The summed E-state index contributed by atoms with van der Waals surface area (Å²) in [5, 5.41) is 0. The van der Waals surface area contributed by atoms with E-state index in [-0.39, 0.29) is 6.04 Å². The summed E-state index contributed by atoms with van der Waals surface area (Å²) in [4.78, 5) is 2.45. The maximum atomic E-state index is 6.39. The highest BCUT2D eigenvalue weighted by Gasteiger charge is 2.18. The van der Waals surface area contributed by atoms with Crippen molar-refractivity contribution in [2.45, 2.75) is 39.7 Å². The molecule has 118 valence electrons. The Hall–Kier alpha value is -1.26. The second kappa shape index (κ2) is 7.66. The zero-order chi connectivity index (χ0) is 15.2. The van der Waals surface area contributed by atoms with Crippen molar-refractivity contribution in [3.63, 3.8) is 0 Å². The van der Waals surface area contributed by atoms with E-state index in [9.17, 15) is 0 Å². The van der Waals surface area contributed by atoms with Gasteiger partial charge in [-0.1, -0.05) is 39.7 Å². The molecule has 2 rings (SSSR count). The van der Waals surface area contributed by atoms with Crippen molar-refractivity contribution in [2.24, 2.45) is 11.7 Å². The van der Waals surface area contributed by atoms with Gasteiger partial charge in [0, 0.05) is 19.1 Å². The van der Waals surface area contributed by atoms with E-state index < -0.39 is 0 Å². The van der Waals surface area contributed by atoms with Crippen molar-refractivity contribution >= 4 is 0 Å². The van der Waals surface area contributed by atoms with Crippen LogP contribution in [0.4, 0.5) is 0 Å². The summed E-state index contributed by atoms with van der Waals surface area (Å²) in [6.07, 6.45) is 2.46. The number of likely N-dealkylation sites (N-methyl/N-ethyl adjacent to an activating group) is 1. The quantitative estimate of drug-likeness (QED) is 0.799. The zero-order valence-corrected chi connectivity index (χ0v) is 13.5. The highest BCUT2D eigenvalue weighted by atomic mass is 16.7. The molecule has 0 bridgehead atoms. The Morgan fingerprint density at radius 2 is 1.81 bits per heavy atom. The Kier molecular flexibility index (Phi) is 5.88.